The van der Waals surface area contributed by atoms with Crippen molar-refractivity contribution in [2.24, 2.45) is 0 Å². The second-order valence-electron chi connectivity index (χ2n) is 6.03. The Bertz CT molecular complexity index is 1190. The lowest BCUT2D eigenvalue weighted by atomic mass is 10.2. The molecule has 1 aromatic carbocycles. The van der Waals surface area contributed by atoms with E-state index in [0.29, 0.717) is 0 Å². The molecule has 0 unspecified atom stereocenters. The van der Waals surface area contributed by atoms with E-state index in [1.54, 1.807) is 13.8 Å². The molecular weight excluding hydrogens is 439 g/mol. The zero-order chi connectivity index (χ0) is 22.8. The fourth-order valence-corrected chi connectivity index (χ4v) is 3.64. The first-order chi connectivity index (χ1) is 14.7. The summed E-state index contributed by atoms with van der Waals surface area (Å²) in [5.41, 5.74) is -1.87. The molecule has 0 saturated heterocycles. The van der Waals surface area contributed by atoms with E-state index >= 15 is 0 Å². The van der Waals surface area contributed by atoms with Gasteiger partial charge in [-0.05, 0) is 38.1 Å². The molecule has 0 aliphatic carbocycles. The molecule has 0 aliphatic heterocycles. The van der Waals surface area contributed by atoms with E-state index in [1.165, 1.54) is 5.38 Å². The number of carbonyl (C=O) groups excluding carboxylic acids is 2. The first-order valence-corrected chi connectivity index (χ1v) is 9.88. The van der Waals surface area contributed by atoms with Crippen LogP contribution in [0.3, 0.4) is 0 Å². The number of hydrogen-bond acceptors (Lipinski definition) is 7. The molecule has 8 nitrogen and oxygen atoms in total. The fraction of sp³-hybridized carbons (Fsp3) is 0.263. The van der Waals surface area contributed by atoms with Crippen molar-refractivity contribution in [2.75, 3.05) is 18.5 Å². The Hall–Kier alpha value is -3.41. The van der Waals surface area contributed by atoms with E-state index in [4.69, 9.17) is 9.47 Å². The average molecular weight is 455 g/mol. The third-order valence-corrected chi connectivity index (χ3v) is 4.95. The number of amides is 1. The topological polar surface area (TPSA) is 99.5 Å². The van der Waals surface area contributed by atoms with Crippen LogP contribution in [-0.2, 0) is 15.7 Å². The highest BCUT2D eigenvalue weighted by atomic mass is 32.1. The van der Waals surface area contributed by atoms with Crippen LogP contribution in [0.4, 0.5) is 23.0 Å². The summed E-state index contributed by atoms with van der Waals surface area (Å²) in [6.07, 6.45) is -5.36. The predicted octanol–water partition coefficient (Wildman–Crippen LogP) is 4.21. The second-order valence-corrected chi connectivity index (χ2v) is 6.91. The van der Waals surface area contributed by atoms with Crippen LogP contribution in [0.1, 0.15) is 29.9 Å². The molecule has 0 saturated carbocycles. The van der Waals surface area contributed by atoms with E-state index in [1.807, 2.05) is 0 Å². The maximum absolute atomic E-state index is 13.1. The lowest BCUT2D eigenvalue weighted by Gasteiger charge is -2.11. The lowest BCUT2D eigenvalue weighted by Crippen LogP contribution is -2.25. The molecule has 0 bridgehead atoms. The van der Waals surface area contributed by atoms with E-state index in [0.717, 1.165) is 40.3 Å². The highest BCUT2D eigenvalue weighted by Gasteiger charge is 2.30. The quantitative estimate of drug-likeness (QED) is 0.579. The number of nitrogens with one attached hydrogen (secondary N) is 1. The van der Waals surface area contributed by atoms with Crippen LogP contribution in [0.25, 0.3) is 16.5 Å². The monoisotopic (exact) mass is 455 g/mol. The summed E-state index contributed by atoms with van der Waals surface area (Å²) in [5, 5.41) is 8.10. The van der Waals surface area contributed by atoms with Gasteiger partial charge in [0, 0.05) is 10.8 Å². The molecule has 12 heteroatoms. The van der Waals surface area contributed by atoms with Gasteiger partial charge in [-0.25, -0.2) is 9.59 Å². The minimum Gasteiger partial charge on any atom is -0.461 e. The first-order valence-electron chi connectivity index (χ1n) is 9.00. The average Bonchev–Trinajstić information content (AvgIpc) is 3.12. The summed E-state index contributed by atoms with van der Waals surface area (Å²) >= 11 is 0.969. The minimum absolute atomic E-state index is 0.00117. The van der Waals surface area contributed by atoms with E-state index in [2.05, 4.69) is 10.4 Å². The number of nitrogens with zero attached hydrogens (tertiary/aromatic N) is 2. The summed E-state index contributed by atoms with van der Waals surface area (Å²) in [5.74, 6) is -0.825. The van der Waals surface area contributed by atoms with Crippen molar-refractivity contribution in [3.05, 3.63) is 51.3 Å². The van der Waals surface area contributed by atoms with Crippen LogP contribution in [0.5, 0.6) is 0 Å². The third kappa shape index (κ3) is 4.53. The lowest BCUT2D eigenvalue weighted by molar-refractivity contribution is -0.137. The summed E-state index contributed by atoms with van der Waals surface area (Å²) in [4.78, 5) is 37.3. The number of halogens is 3. The summed E-state index contributed by atoms with van der Waals surface area (Å²) in [6.45, 7) is 3.33. The molecule has 3 rings (SSSR count). The van der Waals surface area contributed by atoms with Gasteiger partial charge in [0.1, 0.15) is 5.00 Å². The number of carbonyl (C=O) groups is 2. The van der Waals surface area contributed by atoms with Crippen LogP contribution < -0.4 is 10.9 Å². The Morgan fingerprint density at radius 3 is 2.35 bits per heavy atom. The van der Waals surface area contributed by atoms with Crippen molar-refractivity contribution >= 4 is 39.2 Å². The van der Waals surface area contributed by atoms with Gasteiger partial charge in [0.05, 0.1) is 29.9 Å². The molecule has 1 amide bonds. The van der Waals surface area contributed by atoms with E-state index in [9.17, 15) is 27.6 Å². The number of rotatable bonds is 5. The largest absolute Gasteiger partial charge is 0.461 e. The SMILES string of the molecule is CCOC(=O)Nc1scc2c(C(=O)OCC)nn(-c3ccc(C(F)(F)F)cc3)c(=O)c12. The van der Waals surface area contributed by atoms with Gasteiger partial charge < -0.3 is 9.47 Å². The van der Waals surface area contributed by atoms with Gasteiger partial charge in [-0.1, -0.05) is 0 Å². The number of alkyl halides is 3. The summed E-state index contributed by atoms with van der Waals surface area (Å²) < 4.78 is 49.2. The maximum Gasteiger partial charge on any atom is 0.416 e. The Morgan fingerprint density at radius 1 is 1.13 bits per heavy atom. The molecule has 0 radical (unpaired) electrons. The van der Waals surface area contributed by atoms with E-state index in [-0.39, 0.29) is 40.4 Å². The van der Waals surface area contributed by atoms with E-state index < -0.39 is 29.4 Å². The molecule has 1 N–H and O–H groups in total. The first kappa shape index (κ1) is 22.3. The van der Waals surface area contributed by atoms with Crippen LogP contribution in [0, 0.1) is 0 Å². The van der Waals surface area contributed by atoms with Gasteiger partial charge in [-0.3, -0.25) is 10.1 Å². The predicted molar refractivity (Wildman–Crippen MR) is 107 cm³/mol. The number of thiophene rings is 1. The zero-order valence-corrected chi connectivity index (χ0v) is 17.1. The van der Waals surface area contributed by atoms with Crippen molar-refractivity contribution in [3.8, 4) is 5.69 Å². The number of esters is 1. The van der Waals surface area contributed by atoms with Gasteiger partial charge in [0.25, 0.3) is 5.56 Å². The van der Waals surface area contributed by atoms with Gasteiger partial charge in [0.2, 0.25) is 0 Å². The van der Waals surface area contributed by atoms with Crippen LogP contribution >= 0.6 is 11.3 Å². The van der Waals surface area contributed by atoms with Gasteiger partial charge in [-0.2, -0.15) is 23.0 Å². The van der Waals surface area contributed by atoms with Crippen LogP contribution in [0.15, 0.2) is 34.4 Å². The highest BCUT2D eigenvalue weighted by Crippen LogP contribution is 2.32. The standard InChI is InChI=1S/C19H16F3N3O5S/c1-3-29-17(27)14-12-9-31-15(23-18(28)30-4-2)13(12)16(26)25(24-14)11-7-5-10(6-8-11)19(20,21)22/h5-9H,3-4H2,1-2H3,(H,23,28). The summed E-state index contributed by atoms with van der Waals surface area (Å²) in [6, 6.07) is 3.71. The molecule has 2 heterocycles. The fourth-order valence-electron chi connectivity index (χ4n) is 2.72. The second kappa shape index (κ2) is 8.76. The number of ether oxygens (including phenoxy) is 2. The highest BCUT2D eigenvalue weighted by molar-refractivity contribution is 7.16. The van der Waals surface area contributed by atoms with Gasteiger partial charge in [-0.15, -0.1) is 11.3 Å². The number of aromatic nitrogens is 2. The van der Waals surface area contributed by atoms with Crippen LogP contribution in [0.2, 0.25) is 0 Å². The molecule has 0 fully saturated rings. The van der Waals surface area contributed by atoms with Crippen molar-refractivity contribution in [3.63, 3.8) is 0 Å². The molecule has 3 aromatic rings. The number of anilines is 1. The molecule has 0 atom stereocenters. The molecular formula is C19H16F3N3O5S. The van der Waals surface area contributed by atoms with Crippen molar-refractivity contribution in [2.45, 2.75) is 20.0 Å². The Morgan fingerprint density at radius 2 is 1.77 bits per heavy atom. The molecule has 0 spiro atoms. The Kier molecular flexibility index (Phi) is 6.29. The molecule has 2 aromatic heterocycles. The minimum atomic E-state index is -4.55. The Labute approximate surface area is 177 Å². The molecule has 0 aliphatic rings. The smallest absolute Gasteiger partial charge is 0.416 e. The molecule has 164 valence electrons. The zero-order valence-electron chi connectivity index (χ0n) is 16.3. The summed E-state index contributed by atoms with van der Waals surface area (Å²) in [7, 11) is 0. The van der Waals surface area contributed by atoms with Gasteiger partial charge in [0.15, 0.2) is 5.69 Å². The normalized spacial score (nSPS) is 11.4. The number of fused-ring (bicyclic) bond motifs is 1. The van der Waals surface area contributed by atoms with Gasteiger partial charge >= 0.3 is 18.2 Å². The number of hydrogen-bond donors (Lipinski definition) is 1. The maximum atomic E-state index is 13.1. The van der Waals surface area contributed by atoms with Crippen LogP contribution in [-0.4, -0.2) is 35.1 Å². The Balaban J connectivity index is 2.21. The van der Waals surface area contributed by atoms with Crippen molar-refractivity contribution < 1.29 is 32.2 Å². The van der Waals surface area contributed by atoms with Crippen molar-refractivity contribution in [1.29, 1.82) is 0 Å². The third-order valence-electron chi connectivity index (χ3n) is 4.05. The molecule has 31 heavy (non-hydrogen) atoms. The van der Waals surface area contributed by atoms with Crippen molar-refractivity contribution in [1.82, 2.24) is 9.78 Å². The number of benzene rings is 1.